The van der Waals surface area contributed by atoms with E-state index >= 15 is 0 Å². The Bertz CT molecular complexity index is 1040. The molecule has 0 aliphatic heterocycles. The summed E-state index contributed by atoms with van der Waals surface area (Å²) < 4.78 is 1.86. The average molecular weight is 395 g/mol. The molecule has 1 atom stereocenters. The molecule has 1 unspecified atom stereocenters. The molecule has 3 aromatic rings. The van der Waals surface area contributed by atoms with Crippen LogP contribution in [0.3, 0.4) is 0 Å². The first-order valence-corrected chi connectivity index (χ1v) is 9.53. The molecular weight excluding hydrogens is 368 g/mol. The molecule has 0 aliphatic rings. The number of H-pyrrole nitrogens is 1. The van der Waals surface area contributed by atoms with Crippen molar-refractivity contribution in [1.82, 2.24) is 19.7 Å². The zero-order valence-corrected chi connectivity index (χ0v) is 17.5. The van der Waals surface area contributed by atoms with Gasteiger partial charge in [-0.3, -0.25) is 14.2 Å². The van der Waals surface area contributed by atoms with Gasteiger partial charge >= 0.3 is 0 Å². The highest BCUT2D eigenvalue weighted by molar-refractivity contribution is 5.98. The first-order valence-electron chi connectivity index (χ1n) is 9.53. The van der Waals surface area contributed by atoms with E-state index in [-0.39, 0.29) is 24.8 Å². The molecule has 0 aliphatic carbocycles. The molecule has 1 amide bonds. The number of nitrogens with zero attached hydrogens (tertiary/aromatic N) is 3. The van der Waals surface area contributed by atoms with Gasteiger partial charge in [-0.15, -0.1) is 0 Å². The second-order valence-corrected chi connectivity index (χ2v) is 7.46. The lowest BCUT2D eigenvalue weighted by atomic mass is 10.1. The van der Waals surface area contributed by atoms with E-state index < -0.39 is 0 Å². The second-order valence-electron chi connectivity index (χ2n) is 7.46. The van der Waals surface area contributed by atoms with Crippen LogP contribution in [-0.2, 0) is 4.79 Å². The lowest BCUT2D eigenvalue weighted by molar-refractivity contribution is -0.861. The maximum atomic E-state index is 12.8. The molecule has 8 heteroatoms. The third kappa shape index (κ3) is 4.43. The second kappa shape index (κ2) is 8.40. The summed E-state index contributed by atoms with van der Waals surface area (Å²) in [5.41, 5.74) is 5.32. The Hall–Kier alpha value is -3.26. The van der Waals surface area contributed by atoms with E-state index in [0.29, 0.717) is 11.5 Å². The number of rotatable bonds is 7. The average Bonchev–Trinajstić information content (AvgIpc) is 3.26. The summed E-state index contributed by atoms with van der Waals surface area (Å²) in [5, 5.41) is 9.63. The molecule has 2 heterocycles. The number of carbonyl (C=O) groups excluding carboxylic acids is 2. The summed E-state index contributed by atoms with van der Waals surface area (Å²) in [4.78, 5) is 30.2. The van der Waals surface area contributed by atoms with Crippen LogP contribution >= 0.6 is 0 Å². The minimum Gasteiger partial charge on any atom is -0.323 e. The van der Waals surface area contributed by atoms with Gasteiger partial charge in [0.25, 0.3) is 5.91 Å². The van der Waals surface area contributed by atoms with Crippen molar-refractivity contribution in [1.29, 1.82) is 0 Å². The van der Waals surface area contributed by atoms with Gasteiger partial charge in [-0.1, -0.05) is 12.1 Å². The molecule has 29 heavy (non-hydrogen) atoms. The number of benzene rings is 1. The van der Waals surface area contributed by atoms with E-state index in [4.69, 9.17) is 0 Å². The first kappa shape index (κ1) is 20.5. The molecule has 0 fully saturated rings. The number of hydrogen-bond donors (Lipinski definition) is 3. The number of quaternary nitrogens is 1. The third-order valence-corrected chi connectivity index (χ3v) is 5.15. The van der Waals surface area contributed by atoms with Gasteiger partial charge in [0.2, 0.25) is 11.7 Å². The highest BCUT2D eigenvalue weighted by atomic mass is 16.2. The van der Waals surface area contributed by atoms with Crippen LogP contribution in [0.25, 0.3) is 5.95 Å². The number of ketones is 1. The van der Waals surface area contributed by atoms with Crippen LogP contribution in [0.1, 0.15) is 32.9 Å². The number of Topliss-reactive ketones (excluding diaryl/α,β-unsaturated/α-hetero) is 1. The van der Waals surface area contributed by atoms with Crippen molar-refractivity contribution < 1.29 is 14.5 Å². The number of carbonyl (C=O) groups is 2. The lowest BCUT2D eigenvalue weighted by Gasteiger charge is -2.14. The summed E-state index contributed by atoms with van der Waals surface area (Å²) >= 11 is 0. The van der Waals surface area contributed by atoms with Gasteiger partial charge in [0.15, 0.2) is 6.54 Å². The van der Waals surface area contributed by atoms with Gasteiger partial charge in [-0.05, 0) is 51.0 Å². The van der Waals surface area contributed by atoms with Crippen molar-refractivity contribution in [3.63, 3.8) is 0 Å². The van der Waals surface area contributed by atoms with Crippen LogP contribution in [0.5, 0.6) is 0 Å². The van der Waals surface area contributed by atoms with Gasteiger partial charge in [-0.2, -0.15) is 10.1 Å². The number of anilines is 1. The number of amides is 1. The van der Waals surface area contributed by atoms with Crippen molar-refractivity contribution in [3.8, 4) is 5.95 Å². The van der Waals surface area contributed by atoms with Crippen LogP contribution in [0.15, 0.2) is 30.6 Å². The summed E-state index contributed by atoms with van der Waals surface area (Å²) in [5.74, 6) is 0.449. The summed E-state index contributed by atoms with van der Waals surface area (Å²) in [6.07, 6.45) is 1.43. The van der Waals surface area contributed by atoms with Gasteiger partial charge in [0, 0.05) is 22.6 Å². The number of aromatic nitrogens is 4. The van der Waals surface area contributed by atoms with Crippen LogP contribution in [0.2, 0.25) is 0 Å². The van der Waals surface area contributed by atoms with Crippen LogP contribution < -0.4 is 10.2 Å². The highest BCUT2D eigenvalue weighted by Gasteiger charge is 2.22. The Labute approximate surface area is 169 Å². The fourth-order valence-corrected chi connectivity index (χ4v) is 3.46. The van der Waals surface area contributed by atoms with Crippen molar-refractivity contribution in [3.05, 3.63) is 58.7 Å². The van der Waals surface area contributed by atoms with E-state index in [1.54, 1.807) is 0 Å². The van der Waals surface area contributed by atoms with Crippen molar-refractivity contribution in [2.45, 2.75) is 27.7 Å². The van der Waals surface area contributed by atoms with E-state index in [9.17, 15) is 9.59 Å². The minimum atomic E-state index is -0.115. The molecule has 3 rings (SSSR count). The number of aryl methyl sites for hydroxylation is 2. The maximum absolute atomic E-state index is 12.8. The van der Waals surface area contributed by atoms with Crippen LogP contribution in [0, 0.1) is 27.7 Å². The largest absolute Gasteiger partial charge is 0.323 e. The van der Waals surface area contributed by atoms with E-state index in [1.807, 2.05) is 63.6 Å². The molecule has 0 bridgehead atoms. The van der Waals surface area contributed by atoms with Gasteiger partial charge < -0.3 is 10.2 Å². The number of nitrogens with one attached hydrogen (secondary N) is 3. The molecule has 1 aromatic carbocycles. The predicted molar refractivity (Wildman–Crippen MR) is 111 cm³/mol. The molecule has 0 spiro atoms. The van der Waals surface area contributed by atoms with Crippen molar-refractivity contribution in [2.75, 3.05) is 25.5 Å². The zero-order chi connectivity index (χ0) is 21.1. The Morgan fingerprint density at radius 3 is 2.62 bits per heavy atom. The molecule has 2 aromatic heterocycles. The van der Waals surface area contributed by atoms with Crippen LogP contribution in [0.4, 0.5) is 5.69 Å². The minimum absolute atomic E-state index is 0.0131. The topological polar surface area (TPSA) is 97.1 Å². The summed E-state index contributed by atoms with van der Waals surface area (Å²) in [6.45, 7) is 8.22. The Balaban J connectivity index is 1.64. The summed E-state index contributed by atoms with van der Waals surface area (Å²) in [6, 6.07) is 7.67. The molecule has 152 valence electrons. The van der Waals surface area contributed by atoms with Gasteiger partial charge in [-0.25, -0.2) is 5.10 Å². The number of aromatic amines is 1. The zero-order valence-electron chi connectivity index (χ0n) is 17.5. The maximum Gasteiger partial charge on any atom is 0.279 e. The van der Waals surface area contributed by atoms with Crippen molar-refractivity contribution in [2.24, 2.45) is 0 Å². The van der Waals surface area contributed by atoms with E-state index in [2.05, 4.69) is 20.5 Å². The lowest BCUT2D eigenvalue weighted by Crippen LogP contribution is -3.11. The molecule has 0 radical (unpaired) electrons. The third-order valence-electron chi connectivity index (χ3n) is 5.15. The predicted octanol–water partition coefficient (Wildman–Crippen LogP) is 1.17. The molecule has 0 saturated heterocycles. The fraction of sp³-hybridized carbons (Fsp3) is 0.333. The normalized spacial score (nSPS) is 12.0. The Morgan fingerprint density at radius 2 is 1.93 bits per heavy atom. The highest BCUT2D eigenvalue weighted by Crippen LogP contribution is 2.19. The quantitative estimate of drug-likeness (QED) is 0.523. The molecule has 3 N–H and O–H groups in total. The monoisotopic (exact) mass is 395 g/mol. The number of hydrogen-bond acceptors (Lipinski definition) is 4. The van der Waals surface area contributed by atoms with Gasteiger partial charge in [0.1, 0.15) is 12.9 Å². The Morgan fingerprint density at radius 1 is 1.17 bits per heavy atom. The van der Waals surface area contributed by atoms with E-state index in [0.717, 1.165) is 33.1 Å². The SMILES string of the molecule is Cc1cccc(NC(=O)C[NH+](C)CC(=O)c2cc(C)n(-c3ncn[nH]3)c2C)c1C. The summed E-state index contributed by atoms with van der Waals surface area (Å²) in [7, 11) is 1.84. The smallest absolute Gasteiger partial charge is 0.279 e. The van der Waals surface area contributed by atoms with Gasteiger partial charge in [0.05, 0.1) is 7.05 Å². The van der Waals surface area contributed by atoms with E-state index in [1.165, 1.54) is 6.33 Å². The van der Waals surface area contributed by atoms with Crippen molar-refractivity contribution >= 4 is 17.4 Å². The standard InChI is InChI=1S/C21H26N6O2/c1-13-7-6-8-18(15(13)3)24-20(29)11-26(5)10-19(28)17-9-14(2)27(16(17)4)21-22-12-23-25-21/h6-9,12H,10-11H2,1-5H3,(H,24,29)(H,22,23,25)/p+1. The Kier molecular flexibility index (Phi) is 5.93. The molecular formula is C21H27N6O2+. The molecule has 0 saturated carbocycles. The molecule has 8 nitrogen and oxygen atoms in total. The first-order chi connectivity index (χ1) is 13.8. The number of likely N-dealkylation sites (N-methyl/N-ethyl adjacent to an activating group) is 1. The van der Waals surface area contributed by atoms with Crippen LogP contribution in [-0.4, -0.2) is 51.6 Å². The fourth-order valence-electron chi connectivity index (χ4n) is 3.46.